The van der Waals surface area contributed by atoms with Gasteiger partial charge in [0.2, 0.25) is 5.88 Å². The molecule has 8 heteroatoms. The van der Waals surface area contributed by atoms with Crippen LogP contribution in [0.15, 0.2) is 66.3 Å². The smallest absolute Gasteiger partial charge is 0.228 e. The van der Waals surface area contributed by atoms with Gasteiger partial charge in [-0.3, -0.25) is 0 Å². The van der Waals surface area contributed by atoms with E-state index in [4.69, 9.17) is 14.5 Å². The summed E-state index contributed by atoms with van der Waals surface area (Å²) < 4.78 is 13.1. The Balaban J connectivity index is 1.61. The number of phenolic OH excluding ortho intramolecular Hbond substituents is 1. The average Bonchev–Trinajstić information content (AvgIpc) is 3.47. The molecule has 0 amide bonds. The maximum absolute atomic E-state index is 10.00. The van der Waals surface area contributed by atoms with Crippen LogP contribution in [0.4, 0.5) is 0 Å². The van der Waals surface area contributed by atoms with E-state index in [-0.39, 0.29) is 11.7 Å². The van der Waals surface area contributed by atoms with Crippen LogP contribution in [0, 0.1) is 0 Å². The highest BCUT2D eigenvalue weighted by atomic mass is 32.1. The fourth-order valence-corrected chi connectivity index (χ4v) is 4.61. The first-order chi connectivity index (χ1) is 15.2. The quantitative estimate of drug-likeness (QED) is 0.434. The van der Waals surface area contributed by atoms with Crippen molar-refractivity contribution in [3.8, 4) is 33.8 Å². The van der Waals surface area contributed by atoms with Crippen molar-refractivity contribution in [2.45, 2.75) is 5.92 Å². The van der Waals surface area contributed by atoms with E-state index in [1.165, 1.54) is 0 Å². The molecular formula is C23H16N4O3S. The van der Waals surface area contributed by atoms with Gasteiger partial charge in [-0.15, -0.1) is 16.4 Å². The average molecular weight is 428 g/mol. The molecule has 0 bridgehead atoms. The SMILES string of the molecule is COc1ccc([C@H]2c3ccc(O)cc3Oc3ncn4nc(-c5cccs5)nc4c32)cc1. The molecule has 1 aliphatic rings. The number of benzene rings is 2. The summed E-state index contributed by atoms with van der Waals surface area (Å²) >= 11 is 1.59. The maximum Gasteiger partial charge on any atom is 0.228 e. The lowest BCUT2D eigenvalue weighted by atomic mass is 9.84. The normalized spacial score (nSPS) is 14.7. The van der Waals surface area contributed by atoms with Gasteiger partial charge in [-0.1, -0.05) is 24.3 Å². The number of phenols is 1. The third-order valence-electron chi connectivity index (χ3n) is 5.38. The summed E-state index contributed by atoms with van der Waals surface area (Å²) in [5, 5.41) is 16.6. The molecule has 2 aromatic carbocycles. The van der Waals surface area contributed by atoms with Crippen molar-refractivity contribution in [1.82, 2.24) is 19.6 Å². The lowest BCUT2D eigenvalue weighted by molar-refractivity contribution is 0.414. The number of aromatic hydroxyl groups is 1. The molecule has 5 aromatic rings. The number of fused-ring (bicyclic) bond motifs is 4. The third kappa shape index (κ3) is 2.83. The maximum atomic E-state index is 10.00. The summed E-state index contributed by atoms with van der Waals surface area (Å²) in [6, 6.07) is 17.0. The van der Waals surface area contributed by atoms with E-state index in [0.717, 1.165) is 27.3 Å². The van der Waals surface area contributed by atoms with Gasteiger partial charge in [0.15, 0.2) is 11.5 Å². The van der Waals surface area contributed by atoms with E-state index >= 15 is 0 Å². The number of aromatic nitrogens is 4. The molecular weight excluding hydrogens is 412 g/mol. The molecule has 1 aliphatic heterocycles. The summed E-state index contributed by atoms with van der Waals surface area (Å²) in [5.41, 5.74) is 3.48. The monoisotopic (exact) mass is 428 g/mol. The number of methoxy groups -OCH3 is 1. The first-order valence-electron chi connectivity index (χ1n) is 9.65. The molecule has 7 nitrogen and oxygen atoms in total. The summed E-state index contributed by atoms with van der Waals surface area (Å²) in [5.74, 6) is 2.40. The van der Waals surface area contributed by atoms with Crippen LogP contribution in [0.25, 0.3) is 16.3 Å². The molecule has 0 fully saturated rings. The Labute approximate surface area is 181 Å². The number of thiophene rings is 1. The second-order valence-corrected chi connectivity index (χ2v) is 8.12. The standard InChI is InChI=1S/C23H16N4O3S/c1-29-15-7-4-13(5-8-15)19-16-9-6-14(28)11-17(16)30-23-20(19)22-25-21(18-3-2-10-31-18)26-27(22)12-24-23/h2-12,19,28H,1H3/t19-/m0/s1. The molecule has 4 heterocycles. The Bertz CT molecular complexity index is 1410. The van der Waals surface area contributed by atoms with Gasteiger partial charge >= 0.3 is 0 Å². The van der Waals surface area contributed by atoms with Crippen LogP contribution < -0.4 is 9.47 Å². The van der Waals surface area contributed by atoms with Crippen molar-refractivity contribution in [2.24, 2.45) is 0 Å². The van der Waals surface area contributed by atoms with Gasteiger partial charge < -0.3 is 14.6 Å². The molecule has 0 unspecified atom stereocenters. The van der Waals surface area contributed by atoms with Gasteiger partial charge in [0.25, 0.3) is 0 Å². The Morgan fingerprint density at radius 3 is 2.77 bits per heavy atom. The Hall–Kier alpha value is -3.91. The van der Waals surface area contributed by atoms with E-state index in [0.29, 0.717) is 23.1 Å². The van der Waals surface area contributed by atoms with Crippen molar-refractivity contribution < 1.29 is 14.6 Å². The zero-order valence-electron chi connectivity index (χ0n) is 16.4. The summed E-state index contributed by atoms with van der Waals surface area (Å²) in [4.78, 5) is 10.3. The van der Waals surface area contributed by atoms with Crippen molar-refractivity contribution >= 4 is 17.0 Å². The minimum Gasteiger partial charge on any atom is -0.508 e. The number of hydrogen-bond donors (Lipinski definition) is 1. The predicted octanol–water partition coefficient (Wildman–Crippen LogP) is 4.85. The second-order valence-electron chi connectivity index (χ2n) is 7.17. The van der Waals surface area contributed by atoms with E-state index in [9.17, 15) is 5.11 Å². The second kappa shape index (κ2) is 6.82. The largest absolute Gasteiger partial charge is 0.508 e. The minimum absolute atomic E-state index is 0.138. The van der Waals surface area contributed by atoms with E-state index in [2.05, 4.69) is 10.1 Å². The topological polar surface area (TPSA) is 81.8 Å². The summed E-state index contributed by atoms with van der Waals surface area (Å²) in [7, 11) is 1.65. The van der Waals surface area contributed by atoms with Crippen molar-refractivity contribution in [2.75, 3.05) is 7.11 Å². The van der Waals surface area contributed by atoms with Gasteiger partial charge in [-0.25, -0.2) is 14.5 Å². The van der Waals surface area contributed by atoms with Crippen molar-refractivity contribution in [1.29, 1.82) is 0 Å². The lowest BCUT2D eigenvalue weighted by Crippen LogP contribution is -2.15. The number of hydrogen-bond acceptors (Lipinski definition) is 7. The highest BCUT2D eigenvalue weighted by Crippen LogP contribution is 2.48. The minimum atomic E-state index is -0.193. The van der Waals surface area contributed by atoms with Gasteiger partial charge in [0, 0.05) is 17.5 Å². The Morgan fingerprint density at radius 1 is 1.13 bits per heavy atom. The number of nitrogens with zero attached hydrogens (tertiary/aromatic N) is 4. The molecule has 0 spiro atoms. The Morgan fingerprint density at radius 2 is 2.00 bits per heavy atom. The summed E-state index contributed by atoms with van der Waals surface area (Å²) in [6.07, 6.45) is 1.61. The third-order valence-corrected chi connectivity index (χ3v) is 6.25. The van der Waals surface area contributed by atoms with Gasteiger partial charge in [-0.2, -0.15) is 0 Å². The van der Waals surface area contributed by atoms with Crippen molar-refractivity contribution in [3.63, 3.8) is 0 Å². The van der Waals surface area contributed by atoms with Gasteiger partial charge in [-0.05, 0) is 35.2 Å². The highest BCUT2D eigenvalue weighted by molar-refractivity contribution is 7.13. The van der Waals surface area contributed by atoms with Crippen LogP contribution in [-0.2, 0) is 0 Å². The van der Waals surface area contributed by atoms with Crippen LogP contribution >= 0.6 is 11.3 Å². The van der Waals surface area contributed by atoms with Crippen LogP contribution in [0.3, 0.4) is 0 Å². The molecule has 0 saturated carbocycles. The molecule has 0 radical (unpaired) electrons. The number of ether oxygens (including phenoxy) is 2. The fraction of sp³-hybridized carbons (Fsp3) is 0.0870. The van der Waals surface area contributed by atoms with Crippen LogP contribution in [0.2, 0.25) is 0 Å². The lowest BCUT2D eigenvalue weighted by Gasteiger charge is -2.28. The first-order valence-corrected chi connectivity index (χ1v) is 10.5. The van der Waals surface area contributed by atoms with E-state index in [1.807, 2.05) is 47.8 Å². The molecule has 1 N–H and O–H groups in total. The fourth-order valence-electron chi connectivity index (χ4n) is 3.96. The zero-order valence-corrected chi connectivity index (χ0v) is 17.2. The molecule has 0 saturated heterocycles. The molecule has 0 aliphatic carbocycles. The molecule has 3 aromatic heterocycles. The molecule has 6 rings (SSSR count). The predicted molar refractivity (Wildman–Crippen MR) is 116 cm³/mol. The molecule has 31 heavy (non-hydrogen) atoms. The number of rotatable bonds is 3. The van der Waals surface area contributed by atoms with Crippen molar-refractivity contribution in [3.05, 3.63) is 83.0 Å². The Kier molecular flexibility index (Phi) is 3.94. The molecule has 1 atom stereocenters. The van der Waals surface area contributed by atoms with Crippen LogP contribution in [0.5, 0.6) is 23.1 Å². The molecule has 152 valence electrons. The van der Waals surface area contributed by atoms with Crippen LogP contribution in [-0.4, -0.2) is 31.8 Å². The van der Waals surface area contributed by atoms with E-state index < -0.39 is 0 Å². The van der Waals surface area contributed by atoms with Gasteiger partial charge in [0.1, 0.15) is 23.6 Å². The highest BCUT2D eigenvalue weighted by Gasteiger charge is 2.33. The first kappa shape index (κ1) is 17.9. The van der Waals surface area contributed by atoms with Crippen LogP contribution in [0.1, 0.15) is 22.6 Å². The van der Waals surface area contributed by atoms with E-state index in [1.54, 1.807) is 41.4 Å². The summed E-state index contributed by atoms with van der Waals surface area (Å²) in [6.45, 7) is 0. The zero-order chi connectivity index (χ0) is 20.9. The van der Waals surface area contributed by atoms with Gasteiger partial charge in [0.05, 0.1) is 17.6 Å².